The standard InChI is InChI=1S/C13H27N3O2S2/c1-2-19-13-7-3-6-12(13)15-20(17,18)16-8-4-5-11(9-14)10-16/h11-13,15H,2-10,14H2,1H3. The van der Waals surface area contributed by atoms with Crippen LogP contribution in [0, 0.1) is 5.92 Å². The number of thioether (sulfide) groups is 1. The van der Waals surface area contributed by atoms with Gasteiger partial charge in [0.1, 0.15) is 0 Å². The highest BCUT2D eigenvalue weighted by Crippen LogP contribution is 2.30. The lowest BCUT2D eigenvalue weighted by Gasteiger charge is -2.32. The van der Waals surface area contributed by atoms with Crippen molar-refractivity contribution in [3.05, 3.63) is 0 Å². The smallest absolute Gasteiger partial charge is 0.279 e. The van der Waals surface area contributed by atoms with Crippen LogP contribution in [0.5, 0.6) is 0 Å². The van der Waals surface area contributed by atoms with E-state index in [1.54, 1.807) is 4.31 Å². The molecule has 1 aliphatic carbocycles. The van der Waals surface area contributed by atoms with Crippen LogP contribution in [0.2, 0.25) is 0 Å². The molecule has 0 radical (unpaired) electrons. The summed E-state index contributed by atoms with van der Waals surface area (Å²) in [5, 5.41) is 0.435. The second-order valence-corrected chi connectivity index (χ2v) is 8.97. The van der Waals surface area contributed by atoms with Crippen LogP contribution in [0.15, 0.2) is 0 Å². The van der Waals surface area contributed by atoms with Crippen molar-refractivity contribution in [2.45, 2.75) is 50.3 Å². The molecule has 1 saturated carbocycles. The Morgan fingerprint density at radius 3 is 2.80 bits per heavy atom. The maximum atomic E-state index is 12.5. The van der Waals surface area contributed by atoms with E-state index in [1.807, 2.05) is 11.8 Å². The van der Waals surface area contributed by atoms with Crippen molar-refractivity contribution in [2.75, 3.05) is 25.4 Å². The predicted molar refractivity (Wildman–Crippen MR) is 85.0 cm³/mol. The van der Waals surface area contributed by atoms with Gasteiger partial charge in [-0.2, -0.15) is 29.2 Å². The van der Waals surface area contributed by atoms with E-state index < -0.39 is 10.2 Å². The number of hydrogen-bond donors (Lipinski definition) is 2. The lowest BCUT2D eigenvalue weighted by Crippen LogP contribution is -2.51. The summed E-state index contributed by atoms with van der Waals surface area (Å²) >= 11 is 1.87. The molecular weight excluding hydrogens is 294 g/mol. The predicted octanol–water partition coefficient (Wildman–Crippen LogP) is 1.17. The van der Waals surface area contributed by atoms with Gasteiger partial charge in [-0.15, -0.1) is 0 Å². The molecule has 0 bridgehead atoms. The zero-order valence-electron chi connectivity index (χ0n) is 12.3. The van der Waals surface area contributed by atoms with Gasteiger partial charge in [0.05, 0.1) is 0 Å². The third kappa shape index (κ3) is 4.10. The van der Waals surface area contributed by atoms with Gasteiger partial charge < -0.3 is 5.73 Å². The lowest BCUT2D eigenvalue weighted by molar-refractivity contribution is 0.267. The minimum absolute atomic E-state index is 0.100. The Morgan fingerprint density at radius 2 is 2.10 bits per heavy atom. The zero-order chi connectivity index (χ0) is 14.6. The van der Waals surface area contributed by atoms with Crippen LogP contribution in [0.3, 0.4) is 0 Å². The minimum Gasteiger partial charge on any atom is -0.330 e. The Kier molecular flexibility index (Phi) is 6.16. The molecule has 2 aliphatic rings. The highest BCUT2D eigenvalue weighted by Gasteiger charge is 2.34. The maximum Gasteiger partial charge on any atom is 0.279 e. The van der Waals surface area contributed by atoms with Gasteiger partial charge in [0.25, 0.3) is 10.2 Å². The molecule has 0 aromatic heterocycles. The number of nitrogens with two attached hydrogens (primary N) is 1. The van der Waals surface area contributed by atoms with E-state index in [2.05, 4.69) is 11.6 Å². The van der Waals surface area contributed by atoms with Gasteiger partial charge in [0, 0.05) is 24.4 Å². The van der Waals surface area contributed by atoms with Crippen molar-refractivity contribution in [3.8, 4) is 0 Å². The quantitative estimate of drug-likeness (QED) is 0.770. The molecule has 118 valence electrons. The zero-order valence-corrected chi connectivity index (χ0v) is 13.9. The molecule has 5 nitrogen and oxygen atoms in total. The largest absolute Gasteiger partial charge is 0.330 e. The average molecular weight is 322 g/mol. The molecular formula is C13H27N3O2S2. The van der Waals surface area contributed by atoms with E-state index >= 15 is 0 Å². The summed E-state index contributed by atoms with van der Waals surface area (Å²) < 4.78 is 29.6. The molecule has 3 atom stereocenters. The highest BCUT2D eigenvalue weighted by atomic mass is 32.2. The molecule has 2 fully saturated rings. The van der Waals surface area contributed by atoms with E-state index in [-0.39, 0.29) is 6.04 Å². The average Bonchev–Trinajstić information content (AvgIpc) is 2.86. The van der Waals surface area contributed by atoms with E-state index in [1.165, 1.54) is 0 Å². The molecule has 3 N–H and O–H groups in total. The summed E-state index contributed by atoms with van der Waals surface area (Å²) in [7, 11) is -3.35. The van der Waals surface area contributed by atoms with Crippen molar-refractivity contribution in [3.63, 3.8) is 0 Å². The molecule has 1 saturated heterocycles. The second-order valence-electron chi connectivity index (χ2n) is 5.76. The summed E-state index contributed by atoms with van der Waals surface area (Å²) in [5.74, 6) is 1.35. The van der Waals surface area contributed by atoms with Crippen LogP contribution < -0.4 is 10.5 Å². The fourth-order valence-electron chi connectivity index (χ4n) is 3.18. The van der Waals surface area contributed by atoms with Crippen LogP contribution in [-0.2, 0) is 10.2 Å². The Hall–Kier alpha value is 0.180. The Labute approximate surface area is 127 Å². The van der Waals surface area contributed by atoms with E-state index in [9.17, 15) is 8.42 Å². The first-order valence-electron chi connectivity index (χ1n) is 7.66. The molecule has 1 heterocycles. The number of nitrogens with zero attached hydrogens (tertiary/aromatic N) is 1. The summed E-state index contributed by atoms with van der Waals surface area (Å²) in [6.45, 7) is 3.91. The van der Waals surface area contributed by atoms with Crippen molar-refractivity contribution < 1.29 is 8.42 Å². The van der Waals surface area contributed by atoms with Gasteiger partial charge in [-0.1, -0.05) is 13.3 Å². The first-order valence-corrected chi connectivity index (χ1v) is 10.1. The van der Waals surface area contributed by atoms with Crippen molar-refractivity contribution in [1.82, 2.24) is 9.03 Å². The van der Waals surface area contributed by atoms with E-state index in [4.69, 9.17) is 5.73 Å². The van der Waals surface area contributed by atoms with Crippen LogP contribution in [0.1, 0.15) is 39.0 Å². The minimum atomic E-state index is -3.35. The first kappa shape index (κ1) is 16.5. The SMILES string of the molecule is CCSC1CCCC1NS(=O)(=O)N1CCCC(CN)C1. The number of piperidine rings is 1. The number of hydrogen-bond acceptors (Lipinski definition) is 4. The summed E-state index contributed by atoms with van der Waals surface area (Å²) in [6.07, 6.45) is 5.17. The molecule has 20 heavy (non-hydrogen) atoms. The molecule has 0 aromatic rings. The molecule has 0 amide bonds. The summed E-state index contributed by atoms with van der Waals surface area (Å²) in [6, 6.07) is 0.100. The third-order valence-electron chi connectivity index (χ3n) is 4.29. The first-order chi connectivity index (χ1) is 9.56. The topological polar surface area (TPSA) is 75.4 Å². The van der Waals surface area contributed by atoms with Gasteiger partial charge in [-0.3, -0.25) is 0 Å². The van der Waals surface area contributed by atoms with Gasteiger partial charge in [0.15, 0.2) is 0 Å². The fourth-order valence-corrected chi connectivity index (χ4v) is 6.05. The summed E-state index contributed by atoms with van der Waals surface area (Å²) in [4.78, 5) is 0. The van der Waals surface area contributed by atoms with Gasteiger partial charge in [0.2, 0.25) is 0 Å². The molecule has 7 heteroatoms. The van der Waals surface area contributed by atoms with Crippen molar-refractivity contribution in [2.24, 2.45) is 11.7 Å². The van der Waals surface area contributed by atoms with Crippen LogP contribution in [0.4, 0.5) is 0 Å². The maximum absolute atomic E-state index is 12.5. The number of nitrogens with one attached hydrogen (secondary N) is 1. The second kappa shape index (κ2) is 7.45. The normalized spacial score (nSPS) is 32.6. The van der Waals surface area contributed by atoms with Crippen molar-refractivity contribution >= 4 is 22.0 Å². The lowest BCUT2D eigenvalue weighted by atomic mass is 10.0. The van der Waals surface area contributed by atoms with Crippen LogP contribution >= 0.6 is 11.8 Å². The molecule has 3 unspecified atom stereocenters. The Bertz CT molecular complexity index is 402. The van der Waals surface area contributed by atoms with Gasteiger partial charge in [-0.25, -0.2) is 0 Å². The van der Waals surface area contributed by atoms with Crippen molar-refractivity contribution in [1.29, 1.82) is 0 Å². The van der Waals surface area contributed by atoms with Gasteiger partial charge >= 0.3 is 0 Å². The molecule has 1 aliphatic heterocycles. The third-order valence-corrected chi connectivity index (χ3v) is 7.23. The molecule has 0 aromatic carbocycles. The highest BCUT2D eigenvalue weighted by molar-refractivity contribution is 8.00. The summed E-state index contributed by atoms with van der Waals surface area (Å²) in [5.41, 5.74) is 5.69. The molecule has 2 rings (SSSR count). The van der Waals surface area contributed by atoms with Gasteiger partial charge in [-0.05, 0) is 43.9 Å². The van der Waals surface area contributed by atoms with E-state index in [0.29, 0.717) is 30.8 Å². The van der Waals surface area contributed by atoms with Crippen LogP contribution in [-0.4, -0.2) is 49.4 Å². The monoisotopic (exact) mass is 321 g/mol. The Balaban J connectivity index is 1.96. The fraction of sp³-hybridized carbons (Fsp3) is 1.00. The molecule has 0 spiro atoms. The van der Waals surface area contributed by atoms with Crippen LogP contribution in [0.25, 0.3) is 0 Å². The number of rotatable bonds is 6. The van der Waals surface area contributed by atoms with E-state index in [0.717, 1.165) is 37.9 Å². The Morgan fingerprint density at radius 1 is 1.30 bits per heavy atom.